The average Bonchev–Trinajstić information content (AvgIpc) is 2.63. The van der Waals surface area contributed by atoms with E-state index < -0.39 is 6.09 Å². The van der Waals surface area contributed by atoms with E-state index >= 15 is 0 Å². The molecule has 27 heavy (non-hydrogen) atoms. The van der Waals surface area contributed by atoms with Crippen molar-refractivity contribution < 1.29 is 19.4 Å². The Morgan fingerprint density at radius 2 is 1.93 bits per heavy atom. The fourth-order valence-electron chi connectivity index (χ4n) is 3.88. The molecule has 0 atom stereocenters. The van der Waals surface area contributed by atoms with Gasteiger partial charge in [0, 0.05) is 31.6 Å². The highest BCUT2D eigenvalue weighted by atomic mass is 16.5. The number of nitrogens with zero attached hydrogens (tertiary/aromatic N) is 3. The number of ether oxygens (including phenoxy) is 1. The summed E-state index contributed by atoms with van der Waals surface area (Å²) in [7, 11) is 0. The van der Waals surface area contributed by atoms with Gasteiger partial charge in [-0.15, -0.1) is 0 Å². The van der Waals surface area contributed by atoms with E-state index in [0.29, 0.717) is 37.5 Å². The van der Waals surface area contributed by atoms with Crippen molar-refractivity contribution in [3.05, 3.63) is 29.3 Å². The van der Waals surface area contributed by atoms with E-state index in [9.17, 15) is 9.59 Å². The first kappa shape index (κ1) is 19.0. The summed E-state index contributed by atoms with van der Waals surface area (Å²) in [6.07, 6.45) is 0.795. The summed E-state index contributed by atoms with van der Waals surface area (Å²) in [6, 6.07) is 7.38. The van der Waals surface area contributed by atoms with Crippen LogP contribution in [0.25, 0.3) is 0 Å². The first-order valence-corrected chi connectivity index (χ1v) is 9.26. The van der Waals surface area contributed by atoms with Crippen molar-refractivity contribution in [2.75, 3.05) is 32.8 Å². The van der Waals surface area contributed by atoms with Crippen molar-refractivity contribution in [1.29, 1.82) is 5.26 Å². The van der Waals surface area contributed by atoms with Gasteiger partial charge in [-0.1, -0.05) is 13.8 Å². The molecule has 7 heteroatoms. The fourth-order valence-corrected chi connectivity index (χ4v) is 3.88. The van der Waals surface area contributed by atoms with Gasteiger partial charge in [-0.25, -0.2) is 4.79 Å². The third-order valence-corrected chi connectivity index (χ3v) is 5.61. The molecule has 0 radical (unpaired) electrons. The van der Waals surface area contributed by atoms with Gasteiger partial charge in [0.2, 0.25) is 0 Å². The highest BCUT2D eigenvalue weighted by molar-refractivity contribution is 5.78. The Bertz CT molecular complexity index is 768. The summed E-state index contributed by atoms with van der Waals surface area (Å²) in [6.45, 7) is 6.44. The topological polar surface area (TPSA) is 93.9 Å². The lowest BCUT2D eigenvalue weighted by atomic mass is 9.72. The summed E-state index contributed by atoms with van der Waals surface area (Å²) in [5.74, 6) is 0.772. The van der Waals surface area contributed by atoms with Gasteiger partial charge in [0.05, 0.1) is 11.6 Å². The molecule has 0 saturated carbocycles. The molecule has 2 heterocycles. The van der Waals surface area contributed by atoms with Gasteiger partial charge < -0.3 is 19.6 Å². The minimum absolute atomic E-state index is 0.0279. The van der Waals surface area contributed by atoms with Crippen molar-refractivity contribution in [3.8, 4) is 11.8 Å². The lowest BCUT2D eigenvalue weighted by Crippen LogP contribution is -2.62. The second-order valence-electron chi connectivity index (χ2n) is 7.83. The molecular formula is C20H25N3O4. The molecule has 1 aromatic rings. The quantitative estimate of drug-likeness (QED) is 0.878. The number of hydrogen-bond acceptors (Lipinski definition) is 4. The van der Waals surface area contributed by atoms with Crippen LogP contribution in [0.2, 0.25) is 0 Å². The van der Waals surface area contributed by atoms with Gasteiger partial charge in [-0.2, -0.15) is 5.26 Å². The predicted octanol–water partition coefficient (Wildman–Crippen LogP) is 2.66. The lowest BCUT2D eigenvalue weighted by Gasteiger charge is -2.52. The van der Waals surface area contributed by atoms with Gasteiger partial charge in [0.15, 0.2) is 6.61 Å². The van der Waals surface area contributed by atoms with E-state index in [2.05, 4.69) is 6.07 Å². The number of carboxylic acid groups (broad SMARTS) is 1. The smallest absolute Gasteiger partial charge is 0.407 e. The average molecular weight is 371 g/mol. The fraction of sp³-hybridized carbons (Fsp3) is 0.550. The van der Waals surface area contributed by atoms with Gasteiger partial charge in [-0.3, -0.25) is 4.79 Å². The molecule has 2 aliphatic rings. The van der Waals surface area contributed by atoms with Gasteiger partial charge in [-0.05, 0) is 42.5 Å². The minimum atomic E-state index is -0.865. The number of likely N-dealkylation sites (tertiary alicyclic amines) is 2. The zero-order valence-corrected chi connectivity index (χ0v) is 15.8. The molecule has 2 saturated heterocycles. The zero-order chi connectivity index (χ0) is 19.6. The van der Waals surface area contributed by atoms with Crippen molar-refractivity contribution >= 4 is 12.0 Å². The number of amides is 2. The maximum absolute atomic E-state index is 12.5. The molecule has 144 valence electrons. The molecule has 0 aliphatic carbocycles. The van der Waals surface area contributed by atoms with Crippen molar-refractivity contribution in [2.24, 2.45) is 5.41 Å². The highest BCUT2D eigenvalue weighted by Crippen LogP contribution is 2.40. The van der Waals surface area contributed by atoms with Crippen LogP contribution >= 0.6 is 0 Å². The Hall–Kier alpha value is -2.75. The number of nitriles is 1. The number of benzene rings is 1. The molecule has 0 aromatic heterocycles. The van der Waals surface area contributed by atoms with Gasteiger partial charge in [0.25, 0.3) is 5.91 Å². The molecule has 2 aliphatic heterocycles. The van der Waals surface area contributed by atoms with E-state index in [4.69, 9.17) is 15.1 Å². The summed E-state index contributed by atoms with van der Waals surface area (Å²) < 4.78 is 5.77. The third-order valence-electron chi connectivity index (χ3n) is 5.61. The summed E-state index contributed by atoms with van der Waals surface area (Å²) in [5, 5.41) is 18.0. The van der Waals surface area contributed by atoms with Gasteiger partial charge >= 0.3 is 6.09 Å². The van der Waals surface area contributed by atoms with Crippen LogP contribution in [-0.4, -0.2) is 59.7 Å². The Morgan fingerprint density at radius 3 is 2.48 bits per heavy atom. The molecule has 3 rings (SSSR count). The first-order chi connectivity index (χ1) is 12.8. The van der Waals surface area contributed by atoms with E-state index in [1.165, 1.54) is 4.90 Å². The van der Waals surface area contributed by atoms with Crippen LogP contribution in [0.3, 0.4) is 0 Å². The number of piperidine rings is 1. The van der Waals surface area contributed by atoms with Crippen molar-refractivity contribution in [2.45, 2.75) is 32.6 Å². The standard InChI is InChI=1S/C20H25N3O4/c1-14(2)16-9-15(10-21)3-4-17(16)27-11-18(24)22-7-5-20(6-8-22)12-23(13-20)19(25)26/h3-4,9,14H,5-8,11-13H2,1-2H3,(H,25,26). The van der Waals surface area contributed by atoms with Crippen LogP contribution in [0.15, 0.2) is 18.2 Å². The first-order valence-electron chi connectivity index (χ1n) is 9.26. The molecule has 2 fully saturated rings. The summed E-state index contributed by atoms with van der Waals surface area (Å²) >= 11 is 0. The second-order valence-corrected chi connectivity index (χ2v) is 7.83. The molecule has 0 bridgehead atoms. The van der Waals surface area contributed by atoms with E-state index in [1.54, 1.807) is 23.1 Å². The van der Waals surface area contributed by atoms with Crippen LogP contribution in [0.1, 0.15) is 43.7 Å². The number of hydrogen-bond donors (Lipinski definition) is 1. The molecule has 1 aromatic carbocycles. The largest absolute Gasteiger partial charge is 0.483 e. The SMILES string of the molecule is CC(C)c1cc(C#N)ccc1OCC(=O)N1CCC2(CC1)CN(C(=O)O)C2. The van der Waals surface area contributed by atoms with E-state index in [-0.39, 0.29) is 23.8 Å². The van der Waals surface area contributed by atoms with Crippen LogP contribution in [0, 0.1) is 16.7 Å². The third kappa shape index (κ3) is 4.00. The van der Waals surface area contributed by atoms with Crippen molar-refractivity contribution in [1.82, 2.24) is 9.80 Å². The molecule has 1 N–H and O–H groups in total. The Kier molecular flexibility index (Phi) is 5.26. The number of rotatable bonds is 4. The normalized spacial score (nSPS) is 18.1. The second kappa shape index (κ2) is 7.47. The van der Waals surface area contributed by atoms with Crippen LogP contribution in [0.5, 0.6) is 5.75 Å². The highest BCUT2D eigenvalue weighted by Gasteiger charge is 2.47. The van der Waals surface area contributed by atoms with Crippen LogP contribution in [0.4, 0.5) is 4.79 Å². The number of carbonyl (C=O) groups is 2. The maximum atomic E-state index is 12.5. The minimum Gasteiger partial charge on any atom is -0.483 e. The summed E-state index contributed by atoms with van der Waals surface area (Å²) in [5.41, 5.74) is 1.55. The molecule has 1 spiro atoms. The van der Waals surface area contributed by atoms with E-state index in [1.807, 2.05) is 13.8 Å². The molecule has 2 amide bonds. The van der Waals surface area contributed by atoms with Gasteiger partial charge in [0.1, 0.15) is 5.75 Å². The Morgan fingerprint density at radius 1 is 1.26 bits per heavy atom. The molecule has 7 nitrogen and oxygen atoms in total. The zero-order valence-electron chi connectivity index (χ0n) is 15.8. The van der Waals surface area contributed by atoms with Crippen LogP contribution < -0.4 is 4.74 Å². The van der Waals surface area contributed by atoms with E-state index in [0.717, 1.165) is 18.4 Å². The van der Waals surface area contributed by atoms with Crippen LogP contribution in [-0.2, 0) is 4.79 Å². The summed E-state index contributed by atoms with van der Waals surface area (Å²) in [4.78, 5) is 26.7. The van der Waals surface area contributed by atoms with Crippen molar-refractivity contribution in [3.63, 3.8) is 0 Å². The lowest BCUT2D eigenvalue weighted by molar-refractivity contribution is -0.137. The predicted molar refractivity (Wildman–Crippen MR) is 98.6 cm³/mol. The maximum Gasteiger partial charge on any atom is 0.407 e. The molecule has 0 unspecified atom stereocenters. The Balaban J connectivity index is 1.53. The molecular weight excluding hydrogens is 346 g/mol. The Labute approximate surface area is 159 Å². The number of carbonyl (C=O) groups excluding carboxylic acids is 1. The monoisotopic (exact) mass is 371 g/mol.